The molecule has 0 saturated heterocycles. The number of nitrogens with one attached hydrogen (secondary N) is 1. The summed E-state index contributed by atoms with van der Waals surface area (Å²) < 4.78 is 41.8. The fourth-order valence-electron chi connectivity index (χ4n) is 1.76. The minimum Gasteiger partial charge on any atom is -0.473 e. The summed E-state index contributed by atoms with van der Waals surface area (Å²) >= 11 is 0. The lowest BCUT2D eigenvalue weighted by Crippen LogP contribution is -2.18. The maximum absolute atomic E-state index is 12.1. The first-order valence-electron chi connectivity index (χ1n) is 6.73. The number of hydrogen-bond acceptors (Lipinski definition) is 3. The van der Waals surface area contributed by atoms with Gasteiger partial charge in [0.15, 0.2) is 0 Å². The maximum Gasteiger partial charge on any atom is 0.389 e. The highest BCUT2D eigenvalue weighted by Gasteiger charge is 2.26. The van der Waals surface area contributed by atoms with Crippen molar-refractivity contribution < 1.29 is 17.9 Å². The lowest BCUT2D eigenvalue weighted by Gasteiger charge is -2.18. The molecule has 114 valence electrons. The summed E-state index contributed by atoms with van der Waals surface area (Å²) in [5.74, 6) is 0.477. The first kappa shape index (κ1) is 16.6. The first-order valence-corrected chi connectivity index (χ1v) is 6.73. The molecule has 1 atom stereocenters. The topological polar surface area (TPSA) is 34.2 Å². The zero-order valence-corrected chi connectivity index (χ0v) is 12.0. The fraction of sp³-hybridized carbons (Fsp3) is 0.643. The van der Waals surface area contributed by atoms with Gasteiger partial charge in [-0.2, -0.15) is 13.2 Å². The molecule has 1 aromatic heterocycles. The van der Waals surface area contributed by atoms with Gasteiger partial charge in [-0.25, -0.2) is 4.98 Å². The lowest BCUT2D eigenvalue weighted by molar-refractivity contribution is -0.135. The van der Waals surface area contributed by atoms with Gasteiger partial charge in [0.25, 0.3) is 0 Å². The quantitative estimate of drug-likeness (QED) is 0.808. The van der Waals surface area contributed by atoms with Crippen LogP contribution in [0.15, 0.2) is 18.3 Å². The maximum atomic E-state index is 12.1. The zero-order chi connectivity index (χ0) is 15.2. The average molecular weight is 290 g/mol. The Morgan fingerprint density at radius 2 is 2.00 bits per heavy atom. The zero-order valence-electron chi connectivity index (χ0n) is 12.0. The van der Waals surface area contributed by atoms with Gasteiger partial charge in [-0.1, -0.05) is 0 Å². The molecule has 0 bridgehead atoms. The lowest BCUT2D eigenvalue weighted by atomic mass is 10.1. The van der Waals surface area contributed by atoms with Gasteiger partial charge in [-0.3, -0.25) is 0 Å². The largest absolute Gasteiger partial charge is 0.473 e. The van der Waals surface area contributed by atoms with Gasteiger partial charge in [0.1, 0.15) is 0 Å². The van der Waals surface area contributed by atoms with Crippen LogP contribution in [-0.2, 0) is 0 Å². The summed E-state index contributed by atoms with van der Waals surface area (Å²) in [6, 6.07) is 3.50. The first-order chi connectivity index (χ1) is 9.28. The third kappa shape index (κ3) is 6.63. The van der Waals surface area contributed by atoms with E-state index in [1.165, 1.54) is 0 Å². The van der Waals surface area contributed by atoms with Gasteiger partial charge >= 0.3 is 6.18 Å². The molecule has 0 aliphatic carbocycles. The molecular formula is C14H21F3N2O. The number of anilines is 1. The van der Waals surface area contributed by atoms with Gasteiger partial charge in [0.05, 0.1) is 11.8 Å². The second kappa shape index (κ2) is 7.36. The van der Waals surface area contributed by atoms with Crippen molar-refractivity contribution in [1.82, 2.24) is 4.98 Å². The van der Waals surface area contributed by atoms with Crippen LogP contribution in [0.3, 0.4) is 0 Å². The van der Waals surface area contributed by atoms with Gasteiger partial charge in [0, 0.05) is 18.7 Å². The van der Waals surface area contributed by atoms with Gasteiger partial charge < -0.3 is 10.1 Å². The Morgan fingerprint density at radius 3 is 2.60 bits per heavy atom. The molecule has 0 amide bonds. The van der Waals surface area contributed by atoms with Crippen LogP contribution >= 0.6 is 0 Å². The molecule has 1 heterocycles. The van der Waals surface area contributed by atoms with Crippen LogP contribution in [0.25, 0.3) is 0 Å². The molecular weight excluding hydrogens is 269 g/mol. The summed E-state index contributed by atoms with van der Waals surface area (Å²) in [4.78, 5) is 4.13. The van der Waals surface area contributed by atoms with E-state index in [1.807, 2.05) is 26.8 Å². The Balaban J connectivity index is 2.51. The number of aromatic nitrogens is 1. The number of nitrogens with zero attached hydrogens (tertiary/aromatic N) is 1. The van der Waals surface area contributed by atoms with Crippen LogP contribution in [0.2, 0.25) is 0 Å². The Bertz CT molecular complexity index is 408. The van der Waals surface area contributed by atoms with E-state index in [4.69, 9.17) is 4.74 Å². The smallest absolute Gasteiger partial charge is 0.389 e. The van der Waals surface area contributed by atoms with E-state index in [0.29, 0.717) is 18.0 Å². The average Bonchev–Trinajstić information content (AvgIpc) is 2.29. The van der Waals surface area contributed by atoms with Crippen LogP contribution in [0, 0.1) is 0 Å². The highest BCUT2D eigenvalue weighted by molar-refractivity contribution is 5.52. The van der Waals surface area contributed by atoms with Crippen molar-refractivity contribution >= 4 is 5.69 Å². The molecule has 1 aromatic rings. The SMILES string of the molecule is CC(CCCC(F)(F)F)Nc1cccnc1OC(C)C. The molecule has 0 aliphatic heterocycles. The molecule has 6 heteroatoms. The normalized spacial score (nSPS) is 13.3. The predicted molar refractivity (Wildman–Crippen MR) is 73.0 cm³/mol. The van der Waals surface area contributed by atoms with Gasteiger partial charge in [0.2, 0.25) is 5.88 Å². The summed E-state index contributed by atoms with van der Waals surface area (Å²) in [6.45, 7) is 5.64. The van der Waals surface area contributed by atoms with Crippen molar-refractivity contribution in [3.63, 3.8) is 0 Å². The third-order valence-electron chi connectivity index (χ3n) is 2.62. The number of pyridine rings is 1. The Morgan fingerprint density at radius 1 is 1.30 bits per heavy atom. The number of halogens is 3. The van der Waals surface area contributed by atoms with E-state index in [9.17, 15) is 13.2 Å². The highest BCUT2D eigenvalue weighted by atomic mass is 19.4. The van der Waals surface area contributed by atoms with Gasteiger partial charge in [-0.05, 0) is 45.7 Å². The Kier molecular flexibility index (Phi) is 6.10. The van der Waals surface area contributed by atoms with Crippen LogP contribution in [0.1, 0.15) is 40.0 Å². The molecule has 3 nitrogen and oxygen atoms in total. The number of alkyl halides is 3. The van der Waals surface area contributed by atoms with E-state index in [2.05, 4.69) is 10.3 Å². The van der Waals surface area contributed by atoms with E-state index in [-0.39, 0.29) is 18.6 Å². The van der Waals surface area contributed by atoms with E-state index < -0.39 is 12.6 Å². The number of hydrogen-bond donors (Lipinski definition) is 1. The molecule has 0 aliphatic rings. The molecule has 0 saturated carbocycles. The molecule has 20 heavy (non-hydrogen) atoms. The van der Waals surface area contributed by atoms with Crippen molar-refractivity contribution in [2.24, 2.45) is 0 Å². The van der Waals surface area contributed by atoms with E-state index in [0.717, 1.165) is 0 Å². The second-order valence-electron chi connectivity index (χ2n) is 5.08. The minimum atomic E-state index is -4.08. The standard InChI is InChI=1S/C14H21F3N2O/c1-10(2)20-13-12(7-5-9-18-13)19-11(3)6-4-8-14(15,16)17/h5,7,9-11,19H,4,6,8H2,1-3H3. The van der Waals surface area contributed by atoms with Crippen molar-refractivity contribution in [3.05, 3.63) is 18.3 Å². The number of rotatable bonds is 7. The van der Waals surface area contributed by atoms with Crippen molar-refractivity contribution in [1.29, 1.82) is 0 Å². The molecule has 0 aromatic carbocycles. The second-order valence-corrected chi connectivity index (χ2v) is 5.08. The predicted octanol–water partition coefficient (Wildman–Crippen LogP) is 4.40. The van der Waals surface area contributed by atoms with E-state index >= 15 is 0 Å². The monoisotopic (exact) mass is 290 g/mol. The Labute approximate surface area is 117 Å². The van der Waals surface area contributed by atoms with Crippen molar-refractivity contribution in [2.45, 2.75) is 58.4 Å². The summed E-state index contributed by atoms with van der Waals surface area (Å²) in [5, 5.41) is 3.15. The molecule has 1 unspecified atom stereocenters. The van der Waals surface area contributed by atoms with E-state index in [1.54, 1.807) is 12.3 Å². The van der Waals surface area contributed by atoms with Crippen LogP contribution in [0.5, 0.6) is 5.88 Å². The van der Waals surface area contributed by atoms with Crippen LogP contribution in [0.4, 0.5) is 18.9 Å². The molecule has 0 radical (unpaired) electrons. The molecule has 1 N–H and O–H groups in total. The summed E-state index contributed by atoms with van der Waals surface area (Å²) in [7, 11) is 0. The Hall–Kier alpha value is -1.46. The molecule has 0 spiro atoms. The molecule has 1 rings (SSSR count). The molecule has 0 fully saturated rings. The fourth-order valence-corrected chi connectivity index (χ4v) is 1.76. The number of ether oxygens (including phenoxy) is 1. The van der Waals surface area contributed by atoms with Gasteiger partial charge in [-0.15, -0.1) is 0 Å². The highest BCUT2D eigenvalue weighted by Crippen LogP contribution is 2.25. The van der Waals surface area contributed by atoms with Crippen LogP contribution in [-0.4, -0.2) is 23.3 Å². The summed E-state index contributed by atoms with van der Waals surface area (Å²) in [5.41, 5.74) is 0.709. The minimum absolute atomic E-state index is 0.00835. The van der Waals surface area contributed by atoms with Crippen molar-refractivity contribution in [3.8, 4) is 5.88 Å². The van der Waals surface area contributed by atoms with Crippen LogP contribution < -0.4 is 10.1 Å². The third-order valence-corrected chi connectivity index (χ3v) is 2.62. The van der Waals surface area contributed by atoms with Crippen molar-refractivity contribution in [2.75, 3.05) is 5.32 Å². The summed E-state index contributed by atoms with van der Waals surface area (Å²) in [6.07, 6.45) is -2.67.